The van der Waals surface area contributed by atoms with Crippen molar-refractivity contribution in [3.8, 4) is 0 Å². The summed E-state index contributed by atoms with van der Waals surface area (Å²) in [4.78, 5) is 25.8. The summed E-state index contributed by atoms with van der Waals surface area (Å²) >= 11 is 0. The third-order valence-electron chi connectivity index (χ3n) is 3.82. The van der Waals surface area contributed by atoms with Gasteiger partial charge in [0.15, 0.2) is 0 Å². The number of fused-ring (bicyclic) bond motifs is 2. The molecule has 4 rings (SSSR count). The van der Waals surface area contributed by atoms with Gasteiger partial charge in [-0.05, 0) is 31.2 Å². The molecule has 108 valence electrons. The van der Waals surface area contributed by atoms with E-state index in [-0.39, 0.29) is 6.67 Å². The van der Waals surface area contributed by atoms with Crippen LogP contribution in [0.5, 0.6) is 0 Å². The van der Waals surface area contributed by atoms with E-state index in [0.717, 1.165) is 16.6 Å². The van der Waals surface area contributed by atoms with E-state index in [0.29, 0.717) is 11.3 Å². The molecule has 0 bridgehead atoms. The summed E-state index contributed by atoms with van der Waals surface area (Å²) in [5.74, 6) is -0.997. The number of anilines is 1. The Bertz CT molecular complexity index is 929. The van der Waals surface area contributed by atoms with Gasteiger partial charge in [-0.2, -0.15) is 0 Å². The van der Waals surface area contributed by atoms with Crippen LogP contribution in [0.4, 0.5) is 5.69 Å². The van der Waals surface area contributed by atoms with Crippen LogP contribution in [-0.4, -0.2) is 26.7 Å². The molecule has 22 heavy (non-hydrogen) atoms. The summed E-state index contributed by atoms with van der Waals surface area (Å²) in [7, 11) is 0. The summed E-state index contributed by atoms with van der Waals surface area (Å²) in [6.45, 7) is 2.06. The summed E-state index contributed by atoms with van der Waals surface area (Å²) < 4.78 is 1.62. The van der Waals surface area contributed by atoms with Gasteiger partial charge < -0.3 is 0 Å². The van der Waals surface area contributed by atoms with Crippen molar-refractivity contribution < 1.29 is 9.59 Å². The van der Waals surface area contributed by atoms with Crippen LogP contribution in [0, 0.1) is 6.92 Å². The van der Waals surface area contributed by atoms with E-state index in [9.17, 15) is 9.59 Å². The zero-order valence-electron chi connectivity index (χ0n) is 11.9. The summed E-state index contributed by atoms with van der Waals surface area (Å²) in [6.07, 6.45) is 0. The second kappa shape index (κ2) is 4.49. The molecule has 1 aliphatic rings. The van der Waals surface area contributed by atoms with E-state index >= 15 is 0 Å². The van der Waals surface area contributed by atoms with E-state index < -0.39 is 11.7 Å². The lowest BCUT2D eigenvalue weighted by atomic mass is 10.1. The van der Waals surface area contributed by atoms with E-state index in [1.165, 1.54) is 4.90 Å². The van der Waals surface area contributed by atoms with Crippen LogP contribution in [0.25, 0.3) is 11.0 Å². The fraction of sp³-hybridized carbons (Fsp3) is 0.125. The van der Waals surface area contributed by atoms with Gasteiger partial charge in [-0.25, -0.2) is 4.68 Å². The Hall–Kier alpha value is -3.02. The molecule has 6 nitrogen and oxygen atoms in total. The minimum Gasteiger partial charge on any atom is -0.285 e. The fourth-order valence-electron chi connectivity index (χ4n) is 2.71. The van der Waals surface area contributed by atoms with E-state index in [1.54, 1.807) is 16.8 Å². The van der Waals surface area contributed by atoms with Gasteiger partial charge in [0, 0.05) is 0 Å². The van der Waals surface area contributed by atoms with Gasteiger partial charge in [-0.3, -0.25) is 14.5 Å². The Kier molecular flexibility index (Phi) is 2.59. The predicted molar refractivity (Wildman–Crippen MR) is 80.5 cm³/mol. The highest BCUT2D eigenvalue weighted by atomic mass is 16.2. The van der Waals surface area contributed by atoms with Crippen LogP contribution in [0.15, 0.2) is 42.5 Å². The highest BCUT2D eigenvalue weighted by molar-refractivity contribution is 6.52. The quantitative estimate of drug-likeness (QED) is 0.677. The molecule has 6 heteroatoms. The monoisotopic (exact) mass is 292 g/mol. The molecule has 0 saturated carbocycles. The molecule has 3 aromatic rings. The Labute approximate surface area is 126 Å². The molecule has 0 saturated heterocycles. The maximum absolute atomic E-state index is 12.3. The van der Waals surface area contributed by atoms with Gasteiger partial charge in [0.25, 0.3) is 5.78 Å². The number of hydrogen-bond donors (Lipinski definition) is 0. The van der Waals surface area contributed by atoms with Crippen molar-refractivity contribution in [2.24, 2.45) is 0 Å². The largest absolute Gasteiger partial charge is 0.301 e. The number of amides is 1. The maximum Gasteiger partial charge on any atom is 0.301 e. The lowest BCUT2D eigenvalue weighted by Gasteiger charge is -2.16. The lowest BCUT2D eigenvalue weighted by Crippen LogP contribution is -2.32. The number of aromatic nitrogens is 3. The van der Waals surface area contributed by atoms with Crippen LogP contribution in [0.3, 0.4) is 0 Å². The number of aryl methyl sites for hydroxylation is 1. The molecular formula is C16H12N4O2. The average Bonchev–Trinajstić information content (AvgIpc) is 3.03. The predicted octanol–water partition coefficient (Wildman–Crippen LogP) is 1.93. The Balaban J connectivity index is 1.78. The molecule has 0 radical (unpaired) electrons. The number of hydrogen-bond acceptors (Lipinski definition) is 4. The number of Topliss-reactive ketones (excluding diaryl/α,β-unsaturated/α-hetero) is 1. The van der Waals surface area contributed by atoms with Gasteiger partial charge >= 0.3 is 5.91 Å². The van der Waals surface area contributed by atoms with Crippen LogP contribution in [0.2, 0.25) is 0 Å². The van der Waals surface area contributed by atoms with Gasteiger partial charge in [0.05, 0.1) is 16.8 Å². The Morgan fingerprint density at radius 2 is 1.91 bits per heavy atom. The highest BCUT2D eigenvalue weighted by Crippen LogP contribution is 2.30. The Morgan fingerprint density at radius 1 is 1.09 bits per heavy atom. The number of rotatable bonds is 2. The normalized spacial score (nSPS) is 14.0. The second-order valence-corrected chi connectivity index (χ2v) is 5.30. The standard InChI is InChI=1S/C16H12N4O2/c1-10-6-7-13-11(8-10)15(21)16(22)19(13)9-20-14-5-3-2-4-12(14)17-18-20/h2-8H,9H2,1H3. The zero-order valence-corrected chi connectivity index (χ0v) is 11.9. The number of ketones is 1. The molecule has 0 spiro atoms. The smallest absolute Gasteiger partial charge is 0.285 e. The summed E-state index contributed by atoms with van der Waals surface area (Å²) in [5, 5.41) is 8.14. The fourth-order valence-corrected chi connectivity index (χ4v) is 2.71. The molecule has 1 aromatic heterocycles. The first-order chi connectivity index (χ1) is 10.6. The zero-order chi connectivity index (χ0) is 15.3. The van der Waals surface area contributed by atoms with Crippen molar-refractivity contribution >= 4 is 28.4 Å². The maximum atomic E-state index is 12.3. The van der Waals surface area contributed by atoms with Crippen molar-refractivity contribution in [2.75, 3.05) is 4.90 Å². The number of carbonyl (C=O) groups excluding carboxylic acids is 2. The molecule has 2 heterocycles. The first kappa shape index (κ1) is 12.7. The van der Waals surface area contributed by atoms with Gasteiger partial charge in [0.2, 0.25) is 0 Å². The van der Waals surface area contributed by atoms with Gasteiger partial charge in [-0.15, -0.1) is 5.10 Å². The molecular weight excluding hydrogens is 280 g/mol. The van der Waals surface area contributed by atoms with E-state index in [1.807, 2.05) is 37.3 Å². The second-order valence-electron chi connectivity index (χ2n) is 5.30. The van der Waals surface area contributed by atoms with Crippen molar-refractivity contribution in [3.05, 3.63) is 53.6 Å². The van der Waals surface area contributed by atoms with E-state index in [2.05, 4.69) is 10.3 Å². The first-order valence-electron chi connectivity index (χ1n) is 6.90. The SMILES string of the molecule is Cc1ccc2c(c1)C(=O)C(=O)N2Cn1nnc2ccccc21. The number of carbonyl (C=O) groups is 2. The van der Waals surface area contributed by atoms with Crippen molar-refractivity contribution in [1.82, 2.24) is 15.0 Å². The van der Waals surface area contributed by atoms with Gasteiger partial charge in [0.1, 0.15) is 12.2 Å². The molecule has 2 aromatic carbocycles. The Morgan fingerprint density at radius 3 is 2.77 bits per heavy atom. The molecule has 0 N–H and O–H groups in total. The summed E-state index contributed by atoms with van der Waals surface area (Å²) in [5.41, 5.74) is 3.61. The number of nitrogens with zero attached hydrogens (tertiary/aromatic N) is 4. The first-order valence-corrected chi connectivity index (χ1v) is 6.90. The van der Waals surface area contributed by atoms with Crippen LogP contribution in [-0.2, 0) is 11.5 Å². The minimum absolute atomic E-state index is 0.168. The topological polar surface area (TPSA) is 68.1 Å². The summed E-state index contributed by atoms with van der Waals surface area (Å²) in [6, 6.07) is 12.9. The molecule has 1 amide bonds. The number of benzene rings is 2. The van der Waals surface area contributed by atoms with Gasteiger partial charge in [-0.1, -0.05) is 29.0 Å². The van der Waals surface area contributed by atoms with Crippen LogP contribution < -0.4 is 4.90 Å². The molecule has 0 unspecified atom stereocenters. The molecule has 1 aliphatic heterocycles. The molecule has 0 fully saturated rings. The van der Waals surface area contributed by atoms with E-state index in [4.69, 9.17) is 0 Å². The number of para-hydroxylation sites is 1. The average molecular weight is 292 g/mol. The molecule has 0 aliphatic carbocycles. The lowest BCUT2D eigenvalue weighted by molar-refractivity contribution is -0.114. The third-order valence-corrected chi connectivity index (χ3v) is 3.82. The van der Waals surface area contributed by atoms with Crippen molar-refractivity contribution in [2.45, 2.75) is 13.6 Å². The van der Waals surface area contributed by atoms with Crippen molar-refractivity contribution in [1.29, 1.82) is 0 Å². The van der Waals surface area contributed by atoms with Crippen LogP contribution in [0.1, 0.15) is 15.9 Å². The minimum atomic E-state index is -0.528. The highest BCUT2D eigenvalue weighted by Gasteiger charge is 2.36. The third kappa shape index (κ3) is 1.74. The van der Waals surface area contributed by atoms with Crippen molar-refractivity contribution in [3.63, 3.8) is 0 Å². The molecule has 0 atom stereocenters. The van der Waals surface area contributed by atoms with Crippen LogP contribution >= 0.6 is 0 Å².